The SMILES string of the molecule is CSc1ncc(C=C[N+](=O)[O-])n1C. The average Bonchev–Trinajstić information content (AvgIpc) is 2.43. The number of nitro groups is 1. The van der Waals surface area contributed by atoms with E-state index in [2.05, 4.69) is 4.98 Å². The number of thioether (sulfide) groups is 1. The minimum absolute atomic E-state index is 0.494. The summed E-state index contributed by atoms with van der Waals surface area (Å²) < 4.78 is 1.80. The van der Waals surface area contributed by atoms with E-state index in [4.69, 9.17) is 0 Å². The topological polar surface area (TPSA) is 61.0 Å². The maximum atomic E-state index is 10.0. The first-order valence-electron chi connectivity index (χ1n) is 3.52. The molecule has 0 amide bonds. The lowest BCUT2D eigenvalue weighted by Gasteiger charge is -1.97. The van der Waals surface area contributed by atoms with E-state index in [1.807, 2.05) is 13.3 Å². The van der Waals surface area contributed by atoms with Crippen molar-refractivity contribution in [1.82, 2.24) is 9.55 Å². The van der Waals surface area contributed by atoms with E-state index in [-0.39, 0.29) is 0 Å². The maximum Gasteiger partial charge on any atom is 0.236 e. The third kappa shape index (κ3) is 2.32. The molecule has 1 heterocycles. The van der Waals surface area contributed by atoms with Gasteiger partial charge in [0.15, 0.2) is 5.16 Å². The third-order valence-corrected chi connectivity index (χ3v) is 2.28. The van der Waals surface area contributed by atoms with E-state index in [0.717, 1.165) is 17.1 Å². The first-order chi connectivity index (χ1) is 6.15. The van der Waals surface area contributed by atoms with E-state index in [1.54, 1.807) is 10.8 Å². The van der Waals surface area contributed by atoms with Crippen molar-refractivity contribution in [2.45, 2.75) is 5.16 Å². The average molecular weight is 199 g/mol. The Morgan fingerprint density at radius 2 is 2.46 bits per heavy atom. The summed E-state index contributed by atoms with van der Waals surface area (Å²) in [5.74, 6) is 0. The van der Waals surface area contributed by atoms with Crippen LogP contribution in [0.15, 0.2) is 17.6 Å². The van der Waals surface area contributed by atoms with Gasteiger partial charge in [0, 0.05) is 13.1 Å². The number of imidazole rings is 1. The Morgan fingerprint density at radius 3 is 2.92 bits per heavy atom. The van der Waals surface area contributed by atoms with Crippen LogP contribution in [-0.4, -0.2) is 20.7 Å². The molecular weight excluding hydrogens is 190 g/mol. The summed E-state index contributed by atoms with van der Waals surface area (Å²) in [6.45, 7) is 0. The van der Waals surface area contributed by atoms with Gasteiger partial charge in [0.1, 0.15) is 0 Å². The molecule has 0 atom stereocenters. The fraction of sp³-hybridized carbons (Fsp3) is 0.286. The van der Waals surface area contributed by atoms with Gasteiger partial charge in [-0.2, -0.15) is 0 Å². The molecule has 13 heavy (non-hydrogen) atoms. The zero-order chi connectivity index (χ0) is 9.84. The monoisotopic (exact) mass is 199 g/mol. The van der Waals surface area contributed by atoms with Gasteiger partial charge < -0.3 is 4.57 Å². The molecule has 0 N–H and O–H groups in total. The number of nitrogens with zero attached hydrogens (tertiary/aromatic N) is 3. The molecule has 70 valence electrons. The lowest BCUT2D eigenvalue weighted by molar-refractivity contribution is -0.401. The molecule has 0 radical (unpaired) electrons. The van der Waals surface area contributed by atoms with Crippen molar-refractivity contribution in [1.29, 1.82) is 0 Å². The molecular formula is C7H9N3O2S. The van der Waals surface area contributed by atoms with Crippen molar-refractivity contribution in [3.05, 3.63) is 28.2 Å². The number of hydrogen-bond acceptors (Lipinski definition) is 4. The molecule has 0 fully saturated rings. The van der Waals surface area contributed by atoms with Gasteiger partial charge in [-0.1, -0.05) is 11.8 Å². The van der Waals surface area contributed by atoms with Crippen LogP contribution in [0, 0.1) is 10.1 Å². The summed E-state index contributed by atoms with van der Waals surface area (Å²) in [7, 11) is 1.82. The fourth-order valence-electron chi connectivity index (χ4n) is 0.887. The highest BCUT2D eigenvalue weighted by molar-refractivity contribution is 7.98. The highest BCUT2D eigenvalue weighted by Crippen LogP contribution is 2.14. The zero-order valence-electron chi connectivity index (χ0n) is 7.30. The van der Waals surface area contributed by atoms with Crippen LogP contribution in [0.2, 0.25) is 0 Å². The molecule has 0 saturated heterocycles. The molecule has 1 rings (SSSR count). The molecule has 0 bridgehead atoms. The Bertz CT molecular complexity index is 346. The van der Waals surface area contributed by atoms with Crippen molar-refractivity contribution >= 4 is 17.8 Å². The van der Waals surface area contributed by atoms with Gasteiger partial charge in [-0.3, -0.25) is 10.1 Å². The predicted octanol–water partition coefficient (Wildman–Crippen LogP) is 1.39. The minimum atomic E-state index is -0.494. The second-order valence-electron chi connectivity index (χ2n) is 2.33. The van der Waals surface area contributed by atoms with Crippen molar-refractivity contribution in [2.75, 3.05) is 6.26 Å². The third-order valence-electron chi connectivity index (χ3n) is 1.53. The van der Waals surface area contributed by atoms with E-state index in [0.29, 0.717) is 0 Å². The molecule has 0 saturated carbocycles. The zero-order valence-corrected chi connectivity index (χ0v) is 8.11. The highest BCUT2D eigenvalue weighted by atomic mass is 32.2. The lowest BCUT2D eigenvalue weighted by atomic mass is 10.4. The van der Waals surface area contributed by atoms with Gasteiger partial charge in [-0.05, 0) is 6.26 Å². The second kappa shape index (κ2) is 4.08. The molecule has 0 aliphatic carbocycles. The quantitative estimate of drug-likeness (QED) is 0.419. The van der Waals surface area contributed by atoms with Gasteiger partial charge in [0.2, 0.25) is 6.20 Å². The molecule has 1 aromatic rings. The summed E-state index contributed by atoms with van der Waals surface area (Å²) >= 11 is 1.50. The molecule has 1 aromatic heterocycles. The van der Waals surface area contributed by atoms with Crippen molar-refractivity contribution < 1.29 is 4.92 Å². The summed E-state index contributed by atoms with van der Waals surface area (Å²) in [6, 6.07) is 0. The van der Waals surface area contributed by atoms with Crippen LogP contribution in [0.25, 0.3) is 6.08 Å². The van der Waals surface area contributed by atoms with E-state index in [1.165, 1.54) is 17.8 Å². The standard InChI is InChI=1S/C7H9N3O2S/c1-9-6(3-4-10(11)12)5-8-7(9)13-2/h3-5H,1-2H3. The largest absolute Gasteiger partial charge is 0.322 e. The molecule has 0 spiro atoms. The Balaban J connectivity index is 2.90. The first-order valence-corrected chi connectivity index (χ1v) is 4.75. The van der Waals surface area contributed by atoms with Crippen LogP contribution in [-0.2, 0) is 7.05 Å². The van der Waals surface area contributed by atoms with E-state index in [9.17, 15) is 10.1 Å². The Hall–Kier alpha value is -1.30. The fourth-order valence-corrected chi connectivity index (χ4v) is 1.42. The van der Waals surface area contributed by atoms with E-state index < -0.39 is 4.92 Å². The van der Waals surface area contributed by atoms with Gasteiger partial charge in [0.05, 0.1) is 16.8 Å². The first kappa shape index (κ1) is 9.79. The van der Waals surface area contributed by atoms with Crippen molar-refractivity contribution in [2.24, 2.45) is 7.05 Å². The Morgan fingerprint density at radius 1 is 1.77 bits per heavy atom. The van der Waals surface area contributed by atoms with Gasteiger partial charge in [0.25, 0.3) is 0 Å². The number of rotatable bonds is 3. The van der Waals surface area contributed by atoms with Gasteiger partial charge in [-0.25, -0.2) is 4.98 Å². The number of aromatic nitrogens is 2. The molecule has 0 aliphatic rings. The Kier molecular flexibility index (Phi) is 3.07. The summed E-state index contributed by atoms with van der Waals surface area (Å²) in [5, 5.41) is 10.9. The number of hydrogen-bond donors (Lipinski definition) is 0. The van der Waals surface area contributed by atoms with Crippen LogP contribution < -0.4 is 0 Å². The minimum Gasteiger partial charge on any atom is -0.322 e. The molecule has 0 aliphatic heterocycles. The Labute approximate surface area is 79.6 Å². The molecule has 0 unspecified atom stereocenters. The van der Waals surface area contributed by atoms with Crippen LogP contribution in [0.1, 0.15) is 5.69 Å². The van der Waals surface area contributed by atoms with Crippen LogP contribution >= 0.6 is 11.8 Å². The van der Waals surface area contributed by atoms with Crippen molar-refractivity contribution in [3.8, 4) is 0 Å². The smallest absolute Gasteiger partial charge is 0.236 e. The van der Waals surface area contributed by atoms with E-state index >= 15 is 0 Å². The summed E-state index contributed by atoms with van der Waals surface area (Å²) in [4.78, 5) is 13.6. The second-order valence-corrected chi connectivity index (χ2v) is 3.10. The maximum absolute atomic E-state index is 10.0. The molecule has 5 nitrogen and oxygen atoms in total. The normalized spacial score (nSPS) is 10.9. The van der Waals surface area contributed by atoms with Crippen LogP contribution in [0.5, 0.6) is 0 Å². The van der Waals surface area contributed by atoms with Gasteiger partial charge in [-0.15, -0.1) is 0 Å². The molecule has 6 heteroatoms. The molecule has 0 aromatic carbocycles. The summed E-state index contributed by atoms with van der Waals surface area (Å²) in [6.07, 6.45) is 5.84. The predicted molar refractivity (Wildman–Crippen MR) is 51.0 cm³/mol. The van der Waals surface area contributed by atoms with Crippen LogP contribution in [0.3, 0.4) is 0 Å². The van der Waals surface area contributed by atoms with Crippen LogP contribution in [0.4, 0.5) is 0 Å². The lowest BCUT2D eigenvalue weighted by Crippen LogP contribution is -1.93. The van der Waals surface area contributed by atoms with Crippen molar-refractivity contribution in [3.63, 3.8) is 0 Å². The summed E-state index contributed by atoms with van der Waals surface area (Å²) in [5.41, 5.74) is 0.723. The van der Waals surface area contributed by atoms with Gasteiger partial charge >= 0.3 is 0 Å². The highest BCUT2D eigenvalue weighted by Gasteiger charge is 2.02.